The molecule has 0 saturated heterocycles. The maximum absolute atomic E-state index is 12.9. The third kappa shape index (κ3) is 6.58. The zero-order valence-electron chi connectivity index (χ0n) is 19.4. The molecule has 0 bridgehead atoms. The van der Waals surface area contributed by atoms with Crippen LogP contribution in [0.3, 0.4) is 0 Å². The number of unbranched alkanes of at least 4 members (excludes halogenated alkanes) is 1. The van der Waals surface area contributed by atoms with Gasteiger partial charge in [-0.2, -0.15) is 0 Å². The van der Waals surface area contributed by atoms with Gasteiger partial charge in [0.15, 0.2) is 0 Å². The second-order valence-corrected chi connectivity index (χ2v) is 10.2. The van der Waals surface area contributed by atoms with Gasteiger partial charge in [0.2, 0.25) is 10.0 Å². The summed E-state index contributed by atoms with van der Waals surface area (Å²) in [5, 5.41) is 11.8. The van der Waals surface area contributed by atoms with Gasteiger partial charge in [-0.1, -0.05) is 49.7 Å². The molecule has 0 saturated carbocycles. The molecule has 0 aliphatic carbocycles. The van der Waals surface area contributed by atoms with Crippen molar-refractivity contribution in [2.45, 2.75) is 51.4 Å². The largest absolute Gasteiger partial charge is 0.478 e. The first-order valence-electron chi connectivity index (χ1n) is 11.1. The molecule has 1 aliphatic heterocycles. The Kier molecular flexibility index (Phi) is 8.13. The number of esters is 1. The molecule has 2 atom stereocenters. The predicted octanol–water partition coefficient (Wildman–Crippen LogP) is 2.23. The summed E-state index contributed by atoms with van der Waals surface area (Å²) in [6.07, 6.45) is 1.05. The van der Waals surface area contributed by atoms with Gasteiger partial charge < -0.3 is 19.9 Å². The molecule has 0 spiro atoms. The van der Waals surface area contributed by atoms with Crippen molar-refractivity contribution in [3.63, 3.8) is 0 Å². The van der Waals surface area contributed by atoms with Gasteiger partial charge in [0.05, 0.1) is 11.4 Å². The summed E-state index contributed by atoms with van der Waals surface area (Å²) in [6, 6.07) is 12.3. The molecule has 10 nitrogen and oxygen atoms in total. The average molecular weight is 505 g/mol. The molecular formula is C24H28N2O8S. The first kappa shape index (κ1) is 26.2. The van der Waals surface area contributed by atoms with Crippen molar-refractivity contribution in [2.75, 3.05) is 11.1 Å². The third-order valence-electron chi connectivity index (χ3n) is 5.48. The molecule has 2 aromatic carbocycles. The van der Waals surface area contributed by atoms with Crippen LogP contribution in [0, 0.1) is 0 Å². The van der Waals surface area contributed by atoms with Gasteiger partial charge in [0.25, 0.3) is 11.5 Å². The quantitative estimate of drug-likeness (QED) is 0.312. The normalized spacial score (nSPS) is 18.1. The summed E-state index contributed by atoms with van der Waals surface area (Å²) >= 11 is 0. The van der Waals surface area contributed by atoms with E-state index in [2.05, 4.69) is 10.0 Å². The number of carboxylic acids is 1. The van der Waals surface area contributed by atoms with Gasteiger partial charge in [-0.3, -0.25) is 9.59 Å². The van der Waals surface area contributed by atoms with E-state index in [0.717, 1.165) is 12.5 Å². The summed E-state index contributed by atoms with van der Waals surface area (Å²) in [4.78, 5) is 36.6. The molecule has 35 heavy (non-hydrogen) atoms. The highest BCUT2D eigenvalue weighted by atomic mass is 32.2. The summed E-state index contributed by atoms with van der Waals surface area (Å²) in [7, 11) is -3.75. The fourth-order valence-corrected chi connectivity index (χ4v) is 4.79. The Bertz CT molecular complexity index is 1200. The molecule has 1 unspecified atom stereocenters. The number of ether oxygens (including phenoxy) is 2. The number of anilines is 1. The number of aliphatic carboxylic acids is 1. The van der Waals surface area contributed by atoms with E-state index in [0.29, 0.717) is 18.4 Å². The Balaban J connectivity index is 1.80. The van der Waals surface area contributed by atoms with Gasteiger partial charge in [-0.15, -0.1) is 0 Å². The molecule has 2 aromatic rings. The zero-order valence-corrected chi connectivity index (χ0v) is 20.3. The lowest BCUT2D eigenvalue weighted by molar-refractivity contribution is -0.159. The third-order valence-corrected chi connectivity index (χ3v) is 6.95. The summed E-state index contributed by atoms with van der Waals surface area (Å²) < 4.78 is 38.3. The average Bonchev–Trinajstić information content (AvgIpc) is 2.82. The van der Waals surface area contributed by atoms with Crippen molar-refractivity contribution in [1.29, 1.82) is 0 Å². The predicted molar refractivity (Wildman–Crippen MR) is 127 cm³/mol. The molecule has 1 heterocycles. The minimum Gasteiger partial charge on any atom is -0.478 e. The van der Waals surface area contributed by atoms with Crippen LogP contribution in [-0.2, 0) is 42.2 Å². The van der Waals surface area contributed by atoms with Crippen LogP contribution in [0.15, 0.2) is 48.5 Å². The molecule has 1 aliphatic rings. The minimum absolute atomic E-state index is 0.0191. The highest BCUT2D eigenvalue weighted by molar-refractivity contribution is 7.89. The molecule has 0 radical (unpaired) electrons. The minimum atomic E-state index is -3.75. The van der Waals surface area contributed by atoms with Crippen molar-refractivity contribution >= 4 is 33.6 Å². The molecule has 188 valence electrons. The van der Waals surface area contributed by atoms with Crippen molar-refractivity contribution < 1.29 is 37.4 Å². The molecule has 0 fully saturated rings. The number of benzene rings is 2. The monoisotopic (exact) mass is 504 g/mol. The second kappa shape index (κ2) is 10.9. The second-order valence-electron chi connectivity index (χ2n) is 8.37. The fraction of sp³-hybridized carbons (Fsp3) is 0.375. The van der Waals surface area contributed by atoms with Crippen LogP contribution in [0.5, 0.6) is 5.75 Å². The Morgan fingerprint density at radius 2 is 1.89 bits per heavy atom. The van der Waals surface area contributed by atoms with Crippen LogP contribution >= 0.6 is 0 Å². The number of carbonyl (C=O) groups excluding carboxylic acids is 2. The van der Waals surface area contributed by atoms with Gasteiger partial charge in [-0.05, 0) is 43.0 Å². The highest BCUT2D eigenvalue weighted by Gasteiger charge is 2.47. The van der Waals surface area contributed by atoms with Crippen LogP contribution in [0.2, 0.25) is 0 Å². The van der Waals surface area contributed by atoms with Crippen LogP contribution in [-0.4, -0.2) is 48.8 Å². The Morgan fingerprint density at radius 3 is 2.54 bits per heavy atom. The van der Waals surface area contributed by atoms with Gasteiger partial charge in [0.1, 0.15) is 18.4 Å². The van der Waals surface area contributed by atoms with Crippen molar-refractivity contribution in [3.8, 4) is 5.75 Å². The number of fused-ring (bicyclic) bond motifs is 1. The number of carbonyl (C=O) groups is 3. The Morgan fingerprint density at radius 1 is 1.17 bits per heavy atom. The van der Waals surface area contributed by atoms with Crippen LogP contribution in [0.1, 0.15) is 37.8 Å². The van der Waals surface area contributed by atoms with E-state index in [1.165, 1.54) is 12.1 Å². The first-order chi connectivity index (χ1) is 16.5. The van der Waals surface area contributed by atoms with Crippen molar-refractivity contribution in [2.24, 2.45) is 0 Å². The van der Waals surface area contributed by atoms with Crippen LogP contribution < -0.4 is 14.8 Å². The lowest BCUT2D eigenvalue weighted by atomic mass is 10.0. The molecule has 11 heteroatoms. The van der Waals surface area contributed by atoms with E-state index in [1.54, 1.807) is 30.3 Å². The smallest absolute Gasteiger partial charge is 0.357 e. The maximum atomic E-state index is 12.9. The highest BCUT2D eigenvalue weighted by Crippen LogP contribution is 2.34. The maximum Gasteiger partial charge on any atom is 0.357 e. The number of nitrogens with one attached hydrogen (secondary N) is 2. The number of hydrogen-bond donors (Lipinski definition) is 3. The van der Waals surface area contributed by atoms with E-state index in [9.17, 15) is 27.9 Å². The number of hydrogen-bond acceptors (Lipinski definition) is 7. The van der Waals surface area contributed by atoms with Gasteiger partial charge in [-0.25, -0.2) is 17.9 Å². The molecule has 3 N–H and O–H groups in total. The van der Waals surface area contributed by atoms with E-state index in [1.807, 2.05) is 13.0 Å². The zero-order chi connectivity index (χ0) is 25.6. The SMILES string of the molecule is CCCCS(=O)(=O)N[C@@H](Cc1ccc2c(c1)NC(=O)C(C)(C(=O)O)O2)C(=O)OCc1ccccc1. The van der Waals surface area contributed by atoms with Crippen LogP contribution in [0.4, 0.5) is 5.69 Å². The van der Waals surface area contributed by atoms with E-state index < -0.39 is 39.5 Å². The summed E-state index contributed by atoms with van der Waals surface area (Å²) in [5.41, 5.74) is -0.598. The first-order valence-corrected chi connectivity index (χ1v) is 12.8. The fourth-order valence-electron chi connectivity index (χ4n) is 3.39. The van der Waals surface area contributed by atoms with E-state index in [-0.39, 0.29) is 30.2 Å². The van der Waals surface area contributed by atoms with E-state index in [4.69, 9.17) is 9.47 Å². The molecule has 3 rings (SSSR count). The Labute approximate surface area is 203 Å². The lowest BCUT2D eigenvalue weighted by Gasteiger charge is -2.31. The Hall–Kier alpha value is -3.44. The molecular weight excluding hydrogens is 476 g/mol. The van der Waals surface area contributed by atoms with Crippen LogP contribution in [0.25, 0.3) is 0 Å². The summed E-state index contributed by atoms with van der Waals surface area (Å²) in [5.74, 6) is -3.02. The van der Waals surface area contributed by atoms with Gasteiger partial charge in [0, 0.05) is 0 Å². The standard InChI is InChI=1S/C24H28N2O8S/c1-3-4-12-35(31,32)26-19(21(27)33-15-16-8-6-5-7-9-16)14-17-10-11-20-18(13-17)25-22(28)24(2,34-20)23(29)30/h5-11,13,19,26H,3-4,12,14-15H2,1-2H3,(H,25,28)(H,29,30)/t19-,24?/m0/s1. The van der Waals surface area contributed by atoms with Gasteiger partial charge >= 0.3 is 11.9 Å². The van der Waals surface area contributed by atoms with E-state index >= 15 is 0 Å². The van der Waals surface area contributed by atoms with Crippen molar-refractivity contribution in [1.82, 2.24) is 4.72 Å². The van der Waals surface area contributed by atoms with Crippen molar-refractivity contribution in [3.05, 3.63) is 59.7 Å². The number of amides is 1. The summed E-state index contributed by atoms with van der Waals surface area (Å²) in [6.45, 7) is 2.99. The lowest BCUT2D eigenvalue weighted by Crippen LogP contribution is -2.54. The number of rotatable bonds is 11. The molecule has 1 amide bonds. The molecule has 0 aromatic heterocycles. The number of carboxylic acid groups (broad SMARTS) is 1. The number of sulfonamides is 1. The topological polar surface area (TPSA) is 148 Å².